The number of carboxylic acid groups (broad SMARTS) is 1. The minimum absolute atomic E-state index is 0.0173. The number of hydrogen-bond donors (Lipinski definition) is 2. The maximum atomic E-state index is 11.2. The third-order valence-electron chi connectivity index (χ3n) is 3.58. The summed E-state index contributed by atoms with van der Waals surface area (Å²) in [6.07, 6.45) is 2.94. The van der Waals surface area contributed by atoms with Gasteiger partial charge in [0, 0.05) is 13.1 Å². The number of aromatic carboxylic acids is 1. The highest BCUT2D eigenvalue weighted by atomic mass is 16.5. The lowest BCUT2D eigenvalue weighted by molar-refractivity contribution is 0.0684. The second-order valence-electron chi connectivity index (χ2n) is 4.76. The Bertz CT molecular complexity index is 463. The molecule has 1 saturated heterocycles. The van der Waals surface area contributed by atoms with Gasteiger partial charge in [-0.3, -0.25) is 0 Å². The zero-order valence-electron chi connectivity index (χ0n) is 10.2. The van der Waals surface area contributed by atoms with Gasteiger partial charge >= 0.3 is 5.97 Å². The predicted molar refractivity (Wildman–Crippen MR) is 63.7 cm³/mol. The first kappa shape index (κ1) is 11.7. The summed E-state index contributed by atoms with van der Waals surface area (Å²) in [5, 5.41) is 12.6. The van der Waals surface area contributed by atoms with Crippen molar-refractivity contribution < 1.29 is 14.6 Å². The first-order chi connectivity index (χ1) is 8.77. The zero-order chi connectivity index (χ0) is 12.5. The number of aromatic nitrogens is 2. The fourth-order valence-corrected chi connectivity index (χ4v) is 2.74. The van der Waals surface area contributed by atoms with Crippen LogP contribution in [-0.4, -0.2) is 40.4 Å². The summed E-state index contributed by atoms with van der Waals surface area (Å²) in [7, 11) is 0. The van der Waals surface area contributed by atoms with E-state index in [4.69, 9.17) is 4.74 Å². The Morgan fingerprint density at radius 2 is 2.39 bits per heavy atom. The van der Waals surface area contributed by atoms with E-state index in [9.17, 15) is 9.90 Å². The van der Waals surface area contributed by atoms with Crippen LogP contribution in [0.25, 0.3) is 0 Å². The number of rotatable bonds is 2. The van der Waals surface area contributed by atoms with Gasteiger partial charge in [-0.2, -0.15) is 0 Å². The molecule has 18 heavy (non-hydrogen) atoms. The van der Waals surface area contributed by atoms with Crippen LogP contribution in [0.2, 0.25) is 0 Å². The maximum Gasteiger partial charge on any atom is 0.356 e. The van der Waals surface area contributed by atoms with Crippen molar-refractivity contribution in [1.29, 1.82) is 0 Å². The van der Waals surface area contributed by atoms with Gasteiger partial charge in [0.2, 0.25) is 0 Å². The third kappa shape index (κ3) is 1.91. The molecule has 98 valence electrons. The van der Waals surface area contributed by atoms with Crippen molar-refractivity contribution in [3.8, 4) is 0 Å². The molecule has 1 aromatic rings. The van der Waals surface area contributed by atoms with Crippen LogP contribution in [0.1, 0.15) is 40.9 Å². The van der Waals surface area contributed by atoms with E-state index in [1.165, 1.54) is 0 Å². The summed E-state index contributed by atoms with van der Waals surface area (Å²) in [5.74, 6) is -0.106. The van der Waals surface area contributed by atoms with Gasteiger partial charge in [0.25, 0.3) is 0 Å². The molecule has 3 heterocycles. The number of nitrogens with zero attached hydrogens (tertiary/aromatic N) is 2. The summed E-state index contributed by atoms with van der Waals surface area (Å²) < 4.78 is 7.50. The molecule has 1 atom stereocenters. The highest BCUT2D eigenvalue weighted by Crippen LogP contribution is 2.25. The number of carboxylic acids is 1. The van der Waals surface area contributed by atoms with Crippen molar-refractivity contribution >= 4 is 5.97 Å². The first-order valence-electron chi connectivity index (χ1n) is 6.41. The SMILES string of the molecule is O=C(O)c1nc(C2COCCN2)n2c1CCCC2. The van der Waals surface area contributed by atoms with E-state index in [2.05, 4.69) is 14.9 Å². The van der Waals surface area contributed by atoms with E-state index in [0.717, 1.165) is 43.9 Å². The van der Waals surface area contributed by atoms with Crippen molar-refractivity contribution in [2.45, 2.75) is 31.8 Å². The number of nitrogens with one attached hydrogen (secondary N) is 1. The molecular weight excluding hydrogens is 234 g/mol. The Morgan fingerprint density at radius 3 is 3.11 bits per heavy atom. The van der Waals surface area contributed by atoms with Crippen molar-refractivity contribution in [1.82, 2.24) is 14.9 Å². The van der Waals surface area contributed by atoms with Crippen molar-refractivity contribution in [3.63, 3.8) is 0 Å². The Morgan fingerprint density at radius 1 is 1.50 bits per heavy atom. The van der Waals surface area contributed by atoms with E-state index in [0.29, 0.717) is 13.2 Å². The monoisotopic (exact) mass is 251 g/mol. The van der Waals surface area contributed by atoms with Gasteiger partial charge in [-0.1, -0.05) is 0 Å². The molecule has 0 spiro atoms. The average Bonchev–Trinajstić information content (AvgIpc) is 2.79. The van der Waals surface area contributed by atoms with Crippen LogP contribution in [0, 0.1) is 0 Å². The standard InChI is InChI=1S/C12H17N3O3/c16-12(17)10-9-3-1-2-5-15(9)11(14-10)8-7-18-6-4-13-8/h8,13H,1-7H2,(H,16,17). The van der Waals surface area contributed by atoms with Gasteiger partial charge in [0.1, 0.15) is 5.82 Å². The molecule has 2 N–H and O–H groups in total. The number of imidazole rings is 1. The van der Waals surface area contributed by atoms with Crippen LogP contribution in [0.4, 0.5) is 0 Å². The molecule has 0 amide bonds. The molecule has 0 radical (unpaired) electrons. The number of morpholine rings is 1. The van der Waals surface area contributed by atoms with Crippen LogP contribution in [0.15, 0.2) is 0 Å². The van der Waals surface area contributed by atoms with Gasteiger partial charge in [0.05, 0.1) is 24.9 Å². The summed E-state index contributed by atoms with van der Waals surface area (Å²) in [6.45, 7) is 2.92. The molecular formula is C12H17N3O3. The molecule has 0 aromatic carbocycles. The normalized spacial score (nSPS) is 23.7. The second-order valence-corrected chi connectivity index (χ2v) is 4.76. The molecule has 6 heteroatoms. The number of fused-ring (bicyclic) bond motifs is 1. The molecule has 0 bridgehead atoms. The number of hydrogen-bond acceptors (Lipinski definition) is 4. The van der Waals surface area contributed by atoms with Gasteiger partial charge in [-0.05, 0) is 19.3 Å². The molecule has 2 aliphatic rings. The van der Waals surface area contributed by atoms with Gasteiger partial charge in [-0.15, -0.1) is 0 Å². The van der Waals surface area contributed by atoms with Crippen molar-refractivity contribution in [2.24, 2.45) is 0 Å². The largest absolute Gasteiger partial charge is 0.476 e. The highest BCUT2D eigenvalue weighted by molar-refractivity contribution is 5.87. The van der Waals surface area contributed by atoms with E-state index >= 15 is 0 Å². The predicted octanol–water partition coefficient (Wildman–Crippen LogP) is 0.578. The van der Waals surface area contributed by atoms with Crippen LogP contribution in [0.5, 0.6) is 0 Å². The Kier molecular flexibility index (Phi) is 3.05. The lowest BCUT2D eigenvalue weighted by Crippen LogP contribution is -2.36. The maximum absolute atomic E-state index is 11.2. The lowest BCUT2D eigenvalue weighted by Gasteiger charge is -2.25. The summed E-state index contributed by atoms with van der Waals surface area (Å²) >= 11 is 0. The van der Waals surface area contributed by atoms with Crippen LogP contribution in [-0.2, 0) is 17.7 Å². The van der Waals surface area contributed by atoms with E-state index < -0.39 is 5.97 Å². The minimum Gasteiger partial charge on any atom is -0.476 e. The minimum atomic E-state index is -0.927. The molecule has 0 saturated carbocycles. The Balaban J connectivity index is 2.00. The summed E-state index contributed by atoms with van der Waals surface area (Å²) in [4.78, 5) is 15.6. The number of ether oxygens (including phenoxy) is 1. The molecule has 1 aromatic heterocycles. The topological polar surface area (TPSA) is 76.4 Å². The fourth-order valence-electron chi connectivity index (χ4n) is 2.74. The van der Waals surface area contributed by atoms with E-state index in [1.807, 2.05) is 0 Å². The molecule has 3 rings (SSSR count). The van der Waals surface area contributed by atoms with E-state index in [-0.39, 0.29) is 11.7 Å². The van der Waals surface area contributed by atoms with Crippen molar-refractivity contribution in [3.05, 3.63) is 17.2 Å². The quantitative estimate of drug-likeness (QED) is 0.804. The Hall–Kier alpha value is -1.40. The Labute approximate surface area is 105 Å². The van der Waals surface area contributed by atoms with Crippen LogP contribution < -0.4 is 5.32 Å². The molecule has 6 nitrogen and oxygen atoms in total. The second kappa shape index (κ2) is 4.70. The van der Waals surface area contributed by atoms with Crippen LogP contribution in [0.3, 0.4) is 0 Å². The smallest absolute Gasteiger partial charge is 0.356 e. The van der Waals surface area contributed by atoms with Crippen LogP contribution >= 0.6 is 0 Å². The lowest BCUT2D eigenvalue weighted by atomic mass is 10.1. The zero-order valence-corrected chi connectivity index (χ0v) is 10.2. The average molecular weight is 251 g/mol. The highest BCUT2D eigenvalue weighted by Gasteiger charge is 2.28. The summed E-state index contributed by atoms with van der Waals surface area (Å²) in [6, 6.07) is 0.0173. The number of carbonyl (C=O) groups is 1. The van der Waals surface area contributed by atoms with E-state index in [1.54, 1.807) is 0 Å². The molecule has 1 unspecified atom stereocenters. The molecule has 1 fully saturated rings. The summed E-state index contributed by atoms with van der Waals surface area (Å²) in [5.41, 5.74) is 1.09. The van der Waals surface area contributed by atoms with Crippen molar-refractivity contribution in [2.75, 3.05) is 19.8 Å². The first-order valence-corrected chi connectivity index (χ1v) is 6.41. The van der Waals surface area contributed by atoms with Gasteiger partial charge in [-0.25, -0.2) is 9.78 Å². The van der Waals surface area contributed by atoms with Gasteiger partial charge < -0.3 is 19.7 Å². The molecule has 0 aliphatic carbocycles. The molecule has 2 aliphatic heterocycles. The van der Waals surface area contributed by atoms with Gasteiger partial charge in [0.15, 0.2) is 5.69 Å². The fraction of sp³-hybridized carbons (Fsp3) is 0.667. The third-order valence-corrected chi connectivity index (χ3v) is 3.58.